The van der Waals surface area contributed by atoms with Crippen LogP contribution < -0.4 is 0 Å². The van der Waals surface area contributed by atoms with Gasteiger partial charge in [-0.05, 0) is 24.2 Å². The maximum absolute atomic E-state index is 8.75. The lowest BCUT2D eigenvalue weighted by atomic mass is 9.89. The first kappa shape index (κ1) is 14.0. The zero-order chi connectivity index (χ0) is 11.0. The number of aliphatic hydroxyl groups is 1. The van der Waals surface area contributed by atoms with Crippen LogP contribution in [0.15, 0.2) is 0 Å². The molecule has 86 valence electrons. The van der Waals surface area contributed by atoms with Gasteiger partial charge in [0.05, 0.1) is 0 Å². The predicted octanol–water partition coefficient (Wildman–Crippen LogP) is 4.00. The van der Waals surface area contributed by atoms with E-state index in [0.29, 0.717) is 17.9 Å². The monoisotopic (exact) mass is 200 g/mol. The summed E-state index contributed by atoms with van der Waals surface area (Å²) in [6.07, 6.45) is 7.63. The van der Waals surface area contributed by atoms with Crippen LogP contribution in [-0.2, 0) is 0 Å². The standard InChI is InChI=1S/C13H28O/c1-12(9-11-14)8-6-5-7-10-13(2,3)4/h12,14H,5-11H2,1-4H3. The van der Waals surface area contributed by atoms with Crippen LogP contribution in [-0.4, -0.2) is 11.7 Å². The molecule has 0 rings (SSSR count). The van der Waals surface area contributed by atoms with Crippen LogP contribution >= 0.6 is 0 Å². The van der Waals surface area contributed by atoms with Crippen molar-refractivity contribution in [2.75, 3.05) is 6.61 Å². The predicted molar refractivity (Wildman–Crippen MR) is 63.4 cm³/mol. The lowest BCUT2D eigenvalue weighted by Crippen LogP contribution is -2.04. The van der Waals surface area contributed by atoms with Gasteiger partial charge in [-0.3, -0.25) is 0 Å². The number of rotatable bonds is 7. The van der Waals surface area contributed by atoms with Crippen molar-refractivity contribution in [1.29, 1.82) is 0 Å². The van der Waals surface area contributed by atoms with Crippen molar-refractivity contribution in [3.05, 3.63) is 0 Å². The molecule has 0 aromatic carbocycles. The Kier molecular flexibility index (Phi) is 7.26. The quantitative estimate of drug-likeness (QED) is 0.616. The van der Waals surface area contributed by atoms with Crippen molar-refractivity contribution in [2.45, 2.75) is 66.2 Å². The molecule has 0 aliphatic carbocycles. The fourth-order valence-corrected chi connectivity index (χ4v) is 1.69. The molecule has 1 unspecified atom stereocenters. The van der Waals surface area contributed by atoms with Crippen LogP contribution in [0.5, 0.6) is 0 Å². The highest BCUT2D eigenvalue weighted by Gasteiger charge is 2.09. The molecule has 0 aromatic rings. The largest absolute Gasteiger partial charge is 0.396 e. The molecule has 0 spiro atoms. The third kappa shape index (κ3) is 10.0. The number of aliphatic hydroxyl groups excluding tert-OH is 1. The first-order chi connectivity index (χ1) is 6.45. The molecule has 1 N–H and O–H groups in total. The lowest BCUT2D eigenvalue weighted by Gasteiger charge is -2.17. The Balaban J connectivity index is 3.21. The van der Waals surface area contributed by atoms with E-state index in [0.717, 1.165) is 6.42 Å². The average molecular weight is 200 g/mol. The molecule has 0 fully saturated rings. The Morgan fingerprint density at radius 1 is 1.00 bits per heavy atom. The molecular weight excluding hydrogens is 172 g/mol. The molecule has 0 heterocycles. The van der Waals surface area contributed by atoms with E-state index < -0.39 is 0 Å². The maximum atomic E-state index is 8.75. The van der Waals surface area contributed by atoms with Gasteiger partial charge < -0.3 is 5.11 Å². The minimum absolute atomic E-state index is 0.350. The van der Waals surface area contributed by atoms with Crippen LogP contribution in [0.1, 0.15) is 66.2 Å². The number of unbranched alkanes of at least 4 members (excludes halogenated alkanes) is 2. The minimum atomic E-state index is 0.350. The fraction of sp³-hybridized carbons (Fsp3) is 1.00. The van der Waals surface area contributed by atoms with Gasteiger partial charge in [-0.2, -0.15) is 0 Å². The summed E-state index contributed by atoms with van der Waals surface area (Å²) in [6.45, 7) is 9.51. The SMILES string of the molecule is CC(CCO)CCCCCC(C)(C)C. The number of hydrogen-bond donors (Lipinski definition) is 1. The van der Waals surface area contributed by atoms with Gasteiger partial charge >= 0.3 is 0 Å². The first-order valence-electron chi connectivity index (χ1n) is 6.06. The molecule has 14 heavy (non-hydrogen) atoms. The summed E-state index contributed by atoms with van der Waals surface area (Å²) in [6, 6.07) is 0. The highest BCUT2D eigenvalue weighted by Crippen LogP contribution is 2.23. The summed E-state index contributed by atoms with van der Waals surface area (Å²) in [5, 5.41) is 8.75. The molecule has 0 bridgehead atoms. The van der Waals surface area contributed by atoms with Crippen molar-refractivity contribution >= 4 is 0 Å². The van der Waals surface area contributed by atoms with E-state index in [9.17, 15) is 0 Å². The Bertz CT molecular complexity index is 124. The van der Waals surface area contributed by atoms with Gasteiger partial charge in [-0.15, -0.1) is 0 Å². The van der Waals surface area contributed by atoms with E-state index in [-0.39, 0.29) is 0 Å². The fourth-order valence-electron chi connectivity index (χ4n) is 1.69. The molecule has 0 saturated carbocycles. The van der Waals surface area contributed by atoms with E-state index in [4.69, 9.17) is 5.11 Å². The molecule has 1 heteroatoms. The zero-order valence-electron chi connectivity index (χ0n) is 10.5. The highest BCUT2D eigenvalue weighted by molar-refractivity contribution is 4.61. The normalized spacial score (nSPS) is 14.4. The Labute approximate surface area is 89.9 Å². The smallest absolute Gasteiger partial charge is 0.0433 e. The molecule has 0 radical (unpaired) electrons. The van der Waals surface area contributed by atoms with Crippen molar-refractivity contribution < 1.29 is 5.11 Å². The van der Waals surface area contributed by atoms with Crippen LogP contribution in [0.25, 0.3) is 0 Å². The maximum Gasteiger partial charge on any atom is 0.0433 e. The molecule has 1 atom stereocenters. The summed E-state index contributed by atoms with van der Waals surface area (Å²) in [7, 11) is 0. The van der Waals surface area contributed by atoms with Crippen LogP contribution in [0, 0.1) is 11.3 Å². The second kappa shape index (κ2) is 7.28. The van der Waals surface area contributed by atoms with Gasteiger partial charge in [0.25, 0.3) is 0 Å². The van der Waals surface area contributed by atoms with Crippen LogP contribution in [0.4, 0.5) is 0 Å². The van der Waals surface area contributed by atoms with E-state index in [1.165, 1.54) is 32.1 Å². The summed E-state index contributed by atoms with van der Waals surface area (Å²) >= 11 is 0. The minimum Gasteiger partial charge on any atom is -0.396 e. The molecule has 0 amide bonds. The van der Waals surface area contributed by atoms with Gasteiger partial charge in [0.2, 0.25) is 0 Å². The van der Waals surface area contributed by atoms with Gasteiger partial charge in [-0.25, -0.2) is 0 Å². The third-order valence-corrected chi connectivity index (χ3v) is 2.75. The topological polar surface area (TPSA) is 20.2 Å². The average Bonchev–Trinajstić information content (AvgIpc) is 2.02. The third-order valence-electron chi connectivity index (χ3n) is 2.75. The van der Waals surface area contributed by atoms with Crippen molar-refractivity contribution in [1.82, 2.24) is 0 Å². The first-order valence-corrected chi connectivity index (χ1v) is 6.06. The van der Waals surface area contributed by atoms with E-state index in [1.807, 2.05) is 0 Å². The van der Waals surface area contributed by atoms with Gasteiger partial charge in [0.1, 0.15) is 0 Å². The Morgan fingerprint density at radius 2 is 1.64 bits per heavy atom. The van der Waals surface area contributed by atoms with Crippen molar-refractivity contribution in [3.63, 3.8) is 0 Å². The molecule has 0 aliphatic rings. The molecule has 1 nitrogen and oxygen atoms in total. The second-order valence-corrected chi connectivity index (χ2v) is 5.78. The van der Waals surface area contributed by atoms with Crippen molar-refractivity contribution in [3.8, 4) is 0 Å². The highest BCUT2D eigenvalue weighted by atomic mass is 16.3. The Hall–Kier alpha value is -0.0400. The van der Waals surface area contributed by atoms with Gasteiger partial charge in [-0.1, -0.05) is 53.4 Å². The summed E-state index contributed by atoms with van der Waals surface area (Å²) in [5.74, 6) is 0.703. The zero-order valence-corrected chi connectivity index (χ0v) is 10.5. The molecule has 0 aliphatic heterocycles. The summed E-state index contributed by atoms with van der Waals surface area (Å²) < 4.78 is 0. The summed E-state index contributed by atoms with van der Waals surface area (Å²) in [4.78, 5) is 0. The van der Waals surface area contributed by atoms with Crippen LogP contribution in [0.3, 0.4) is 0 Å². The number of hydrogen-bond acceptors (Lipinski definition) is 1. The van der Waals surface area contributed by atoms with E-state index in [2.05, 4.69) is 27.7 Å². The van der Waals surface area contributed by atoms with Gasteiger partial charge in [0, 0.05) is 6.61 Å². The van der Waals surface area contributed by atoms with Crippen molar-refractivity contribution in [2.24, 2.45) is 11.3 Å². The molecule has 0 aromatic heterocycles. The second-order valence-electron chi connectivity index (χ2n) is 5.78. The molecule has 0 saturated heterocycles. The van der Waals surface area contributed by atoms with E-state index >= 15 is 0 Å². The van der Waals surface area contributed by atoms with E-state index in [1.54, 1.807) is 0 Å². The molecular formula is C13H28O. The van der Waals surface area contributed by atoms with Crippen LogP contribution in [0.2, 0.25) is 0 Å². The Morgan fingerprint density at radius 3 is 2.14 bits per heavy atom. The summed E-state index contributed by atoms with van der Waals surface area (Å²) in [5.41, 5.74) is 0.497. The lowest BCUT2D eigenvalue weighted by molar-refractivity contribution is 0.256. The van der Waals surface area contributed by atoms with Gasteiger partial charge in [0.15, 0.2) is 0 Å².